The molecule has 0 aliphatic heterocycles. The molecule has 4 heteroatoms. The van der Waals surface area contributed by atoms with Gasteiger partial charge in [0.05, 0.1) is 0 Å². The highest BCUT2D eigenvalue weighted by atomic mass is 16.4. The van der Waals surface area contributed by atoms with Gasteiger partial charge in [0.15, 0.2) is 0 Å². The fraction of sp³-hybridized carbons (Fsp3) is 0.923. The molecule has 0 amide bonds. The summed E-state index contributed by atoms with van der Waals surface area (Å²) < 4.78 is 0. The number of aliphatic hydroxyl groups excluding tert-OH is 1. The highest BCUT2D eigenvalue weighted by molar-refractivity contribution is 5.73. The van der Waals surface area contributed by atoms with E-state index in [0.29, 0.717) is 18.9 Å². The molecular weight excluding hydrogens is 218 g/mol. The third-order valence-corrected chi connectivity index (χ3v) is 3.56. The Morgan fingerprint density at radius 3 is 2.12 bits per heavy atom. The number of hydrogen-bond donors (Lipinski definition) is 3. The first-order valence-corrected chi connectivity index (χ1v) is 6.47. The molecule has 0 heterocycles. The molecule has 102 valence electrons. The molecule has 0 saturated carbocycles. The van der Waals surface area contributed by atoms with Crippen LogP contribution in [0, 0.1) is 11.3 Å². The molecule has 0 rings (SSSR count). The lowest BCUT2D eigenvalue weighted by molar-refractivity contribution is -0.140. The minimum atomic E-state index is -0.808. The molecule has 0 aromatic carbocycles. The summed E-state index contributed by atoms with van der Waals surface area (Å²) in [5.74, 6) is -0.465. The van der Waals surface area contributed by atoms with E-state index in [4.69, 9.17) is 5.11 Å². The first-order valence-electron chi connectivity index (χ1n) is 6.47. The number of carboxylic acid groups (broad SMARTS) is 1. The molecular formula is C13H27NO3. The van der Waals surface area contributed by atoms with Crippen molar-refractivity contribution in [2.24, 2.45) is 11.3 Å². The zero-order chi connectivity index (χ0) is 13.5. The quantitative estimate of drug-likeness (QED) is 0.580. The molecule has 4 nitrogen and oxygen atoms in total. The van der Waals surface area contributed by atoms with Crippen LogP contribution in [0.5, 0.6) is 0 Å². The molecule has 1 atom stereocenters. The van der Waals surface area contributed by atoms with Crippen LogP contribution in [0.3, 0.4) is 0 Å². The van der Waals surface area contributed by atoms with Crippen molar-refractivity contribution in [3.8, 4) is 0 Å². The van der Waals surface area contributed by atoms with E-state index < -0.39 is 12.0 Å². The van der Waals surface area contributed by atoms with Gasteiger partial charge in [-0.05, 0) is 25.2 Å². The predicted molar refractivity (Wildman–Crippen MR) is 69.0 cm³/mol. The average Bonchev–Trinajstić information content (AvgIpc) is 2.29. The Labute approximate surface area is 104 Å². The van der Waals surface area contributed by atoms with Crippen molar-refractivity contribution in [2.45, 2.75) is 53.0 Å². The SMILES string of the molecule is CCC(CC)(CO)CNC(CC(C)C)C(=O)O. The first kappa shape index (κ1) is 16.4. The number of hydrogen-bond acceptors (Lipinski definition) is 3. The van der Waals surface area contributed by atoms with Gasteiger partial charge in [-0.1, -0.05) is 27.7 Å². The molecule has 0 aliphatic carbocycles. The Hall–Kier alpha value is -0.610. The fourth-order valence-electron chi connectivity index (χ4n) is 1.86. The summed E-state index contributed by atoms with van der Waals surface area (Å²) in [6.45, 7) is 8.73. The third-order valence-electron chi connectivity index (χ3n) is 3.56. The molecule has 0 fully saturated rings. The Kier molecular flexibility index (Phi) is 7.39. The number of aliphatic hydroxyl groups is 1. The molecule has 0 spiro atoms. The lowest BCUT2D eigenvalue weighted by Gasteiger charge is -2.31. The molecule has 0 aromatic heterocycles. The maximum absolute atomic E-state index is 11.1. The Balaban J connectivity index is 4.41. The van der Waals surface area contributed by atoms with E-state index in [9.17, 15) is 9.90 Å². The van der Waals surface area contributed by atoms with Gasteiger partial charge in [0, 0.05) is 18.6 Å². The van der Waals surface area contributed by atoms with Crippen LogP contribution in [-0.4, -0.2) is 35.4 Å². The van der Waals surface area contributed by atoms with Crippen LogP contribution in [0.4, 0.5) is 0 Å². The van der Waals surface area contributed by atoms with Crippen molar-refractivity contribution in [2.75, 3.05) is 13.2 Å². The van der Waals surface area contributed by atoms with Crippen molar-refractivity contribution in [1.82, 2.24) is 5.32 Å². The zero-order valence-electron chi connectivity index (χ0n) is 11.5. The van der Waals surface area contributed by atoms with Gasteiger partial charge in [0.1, 0.15) is 6.04 Å². The number of carboxylic acids is 1. The molecule has 0 bridgehead atoms. The van der Waals surface area contributed by atoms with Gasteiger partial charge < -0.3 is 15.5 Å². The second kappa shape index (κ2) is 7.67. The summed E-state index contributed by atoms with van der Waals surface area (Å²) in [5.41, 5.74) is -0.190. The van der Waals surface area contributed by atoms with E-state index in [2.05, 4.69) is 5.32 Å². The maximum Gasteiger partial charge on any atom is 0.320 e. The molecule has 0 radical (unpaired) electrons. The van der Waals surface area contributed by atoms with Crippen LogP contribution in [0.2, 0.25) is 0 Å². The van der Waals surface area contributed by atoms with Gasteiger partial charge in [-0.2, -0.15) is 0 Å². The third kappa shape index (κ3) is 5.50. The number of aliphatic carboxylic acids is 1. The van der Waals surface area contributed by atoms with Crippen molar-refractivity contribution in [1.29, 1.82) is 0 Å². The Morgan fingerprint density at radius 2 is 1.82 bits per heavy atom. The summed E-state index contributed by atoms with van der Waals surface area (Å²) in [7, 11) is 0. The maximum atomic E-state index is 11.1. The van der Waals surface area contributed by atoms with Crippen LogP contribution in [-0.2, 0) is 4.79 Å². The average molecular weight is 245 g/mol. The molecule has 3 N–H and O–H groups in total. The highest BCUT2D eigenvalue weighted by Gasteiger charge is 2.28. The summed E-state index contributed by atoms with van der Waals surface area (Å²) >= 11 is 0. The Bertz CT molecular complexity index is 216. The number of rotatable bonds is 9. The number of nitrogens with one attached hydrogen (secondary N) is 1. The standard InChI is InChI=1S/C13H27NO3/c1-5-13(6-2,9-15)8-14-11(12(16)17)7-10(3)4/h10-11,14-15H,5-9H2,1-4H3,(H,16,17). The second-order valence-corrected chi connectivity index (χ2v) is 5.27. The van der Waals surface area contributed by atoms with Crippen LogP contribution >= 0.6 is 0 Å². The highest BCUT2D eigenvalue weighted by Crippen LogP contribution is 2.24. The van der Waals surface area contributed by atoms with Crippen LogP contribution in [0.15, 0.2) is 0 Å². The van der Waals surface area contributed by atoms with Gasteiger partial charge in [0.25, 0.3) is 0 Å². The van der Waals surface area contributed by atoms with Crippen molar-refractivity contribution >= 4 is 5.97 Å². The normalized spacial score (nSPS) is 14.0. The van der Waals surface area contributed by atoms with Gasteiger partial charge in [-0.15, -0.1) is 0 Å². The Morgan fingerprint density at radius 1 is 1.29 bits per heavy atom. The van der Waals surface area contributed by atoms with Crippen LogP contribution in [0.1, 0.15) is 47.0 Å². The van der Waals surface area contributed by atoms with Crippen molar-refractivity contribution < 1.29 is 15.0 Å². The minimum absolute atomic E-state index is 0.0982. The van der Waals surface area contributed by atoms with Crippen molar-refractivity contribution in [3.63, 3.8) is 0 Å². The van der Waals surface area contributed by atoms with Gasteiger partial charge in [-0.25, -0.2) is 0 Å². The summed E-state index contributed by atoms with van der Waals surface area (Å²) in [4.78, 5) is 11.1. The second-order valence-electron chi connectivity index (χ2n) is 5.27. The van der Waals surface area contributed by atoms with E-state index >= 15 is 0 Å². The number of carbonyl (C=O) groups is 1. The molecule has 0 saturated heterocycles. The fourth-order valence-corrected chi connectivity index (χ4v) is 1.86. The van der Waals surface area contributed by atoms with Crippen LogP contribution < -0.4 is 5.32 Å². The van der Waals surface area contributed by atoms with E-state index in [-0.39, 0.29) is 12.0 Å². The molecule has 17 heavy (non-hydrogen) atoms. The summed E-state index contributed by atoms with van der Waals surface area (Å²) in [6.07, 6.45) is 2.31. The van der Waals surface area contributed by atoms with E-state index in [0.717, 1.165) is 12.8 Å². The molecule has 1 unspecified atom stereocenters. The predicted octanol–water partition coefficient (Wildman–Crippen LogP) is 1.87. The first-order chi connectivity index (χ1) is 7.90. The smallest absolute Gasteiger partial charge is 0.320 e. The molecule has 0 aromatic rings. The lowest BCUT2D eigenvalue weighted by Crippen LogP contribution is -2.45. The van der Waals surface area contributed by atoms with E-state index in [1.54, 1.807) is 0 Å². The van der Waals surface area contributed by atoms with Gasteiger partial charge in [-0.3, -0.25) is 4.79 Å². The summed E-state index contributed by atoms with van der Waals surface area (Å²) in [6, 6.07) is -0.515. The van der Waals surface area contributed by atoms with E-state index in [1.807, 2.05) is 27.7 Å². The van der Waals surface area contributed by atoms with Gasteiger partial charge >= 0.3 is 5.97 Å². The van der Waals surface area contributed by atoms with Crippen molar-refractivity contribution in [3.05, 3.63) is 0 Å². The molecule has 0 aliphatic rings. The monoisotopic (exact) mass is 245 g/mol. The minimum Gasteiger partial charge on any atom is -0.480 e. The summed E-state index contributed by atoms with van der Waals surface area (Å²) in [5, 5.41) is 21.6. The largest absolute Gasteiger partial charge is 0.480 e. The topological polar surface area (TPSA) is 69.6 Å². The van der Waals surface area contributed by atoms with Crippen LogP contribution in [0.25, 0.3) is 0 Å². The van der Waals surface area contributed by atoms with Gasteiger partial charge in [0.2, 0.25) is 0 Å². The lowest BCUT2D eigenvalue weighted by atomic mass is 9.83. The van der Waals surface area contributed by atoms with E-state index in [1.165, 1.54) is 0 Å². The zero-order valence-corrected chi connectivity index (χ0v) is 11.5.